The first-order valence-corrected chi connectivity index (χ1v) is 7.69. The minimum Gasteiger partial charge on any atom is -0.357 e. The third-order valence-electron chi connectivity index (χ3n) is 3.36. The molecule has 1 aliphatic rings. The van der Waals surface area contributed by atoms with E-state index in [1.165, 1.54) is 18.9 Å². The molecule has 0 aliphatic heterocycles. The van der Waals surface area contributed by atoms with Crippen molar-refractivity contribution in [2.45, 2.75) is 32.7 Å². The van der Waals surface area contributed by atoms with Gasteiger partial charge in [-0.1, -0.05) is 6.07 Å². The van der Waals surface area contributed by atoms with Gasteiger partial charge in [0, 0.05) is 24.7 Å². The highest BCUT2D eigenvalue weighted by Crippen LogP contribution is 2.18. The second-order valence-corrected chi connectivity index (χ2v) is 5.40. The van der Waals surface area contributed by atoms with Crippen LogP contribution in [0.4, 0.5) is 4.39 Å². The van der Waals surface area contributed by atoms with Crippen LogP contribution in [0.5, 0.6) is 0 Å². The molecule has 22 heavy (non-hydrogen) atoms. The summed E-state index contributed by atoms with van der Waals surface area (Å²) in [5.41, 5.74) is 0.859. The summed E-state index contributed by atoms with van der Waals surface area (Å²) >= 11 is 0. The van der Waals surface area contributed by atoms with Crippen molar-refractivity contribution in [3.05, 3.63) is 35.1 Å². The average molecular weight is 306 g/mol. The zero-order chi connectivity index (χ0) is 15.9. The summed E-state index contributed by atoms with van der Waals surface area (Å²) in [5.74, 6) is 0.128. The summed E-state index contributed by atoms with van der Waals surface area (Å²) in [6.07, 6.45) is 2.36. The van der Waals surface area contributed by atoms with E-state index in [2.05, 4.69) is 20.9 Å². The number of hydrogen-bond acceptors (Lipinski definition) is 2. The van der Waals surface area contributed by atoms with Crippen molar-refractivity contribution in [3.63, 3.8) is 0 Å². The average Bonchev–Trinajstić information content (AvgIpc) is 3.30. The molecule has 1 aliphatic carbocycles. The number of hydrogen-bond donors (Lipinski definition) is 3. The van der Waals surface area contributed by atoms with Crippen LogP contribution in [0.1, 0.15) is 35.7 Å². The standard InChI is InChI=1S/C16H23FN4O/c1-3-18-16(21-13-6-7-13)20-9-8-19-15(22)12-5-4-11(2)14(17)10-12/h4-5,10,13H,3,6-9H2,1-2H3,(H,19,22)(H2,18,20,21). The van der Waals surface area contributed by atoms with Crippen LogP contribution in [-0.4, -0.2) is 37.5 Å². The van der Waals surface area contributed by atoms with Crippen LogP contribution in [0, 0.1) is 12.7 Å². The van der Waals surface area contributed by atoms with E-state index >= 15 is 0 Å². The predicted octanol–water partition coefficient (Wildman–Crippen LogP) is 1.58. The summed E-state index contributed by atoms with van der Waals surface area (Å²) in [6.45, 7) is 5.37. The molecular formula is C16H23FN4O. The molecule has 0 radical (unpaired) electrons. The van der Waals surface area contributed by atoms with E-state index in [1.807, 2.05) is 6.92 Å². The normalized spacial score (nSPS) is 14.6. The fraction of sp³-hybridized carbons (Fsp3) is 0.500. The van der Waals surface area contributed by atoms with Gasteiger partial charge in [0.2, 0.25) is 0 Å². The molecule has 1 aromatic carbocycles. The Labute approximate surface area is 130 Å². The van der Waals surface area contributed by atoms with Gasteiger partial charge in [-0.25, -0.2) is 4.39 Å². The van der Waals surface area contributed by atoms with E-state index in [0.717, 1.165) is 12.5 Å². The number of carbonyl (C=O) groups excluding carboxylic acids is 1. The van der Waals surface area contributed by atoms with Crippen LogP contribution in [0.3, 0.4) is 0 Å². The Kier molecular flexibility index (Phi) is 5.75. The molecule has 1 fully saturated rings. The molecule has 0 spiro atoms. The molecule has 2 rings (SSSR count). The molecule has 1 aromatic rings. The number of nitrogens with one attached hydrogen (secondary N) is 3. The number of nitrogens with zero attached hydrogens (tertiary/aromatic N) is 1. The van der Waals surface area contributed by atoms with Gasteiger partial charge < -0.3 is 16.0 Å². The van der Waals surface area contributed by atoms with E-state index in [1.54, 1.807) is 19.1 Å². The lowest BCUT2D eigenvalue weighted by Crippen LogP contribution is -2.39. The Morgan fingerprint density at radius 3 is 2.77 bits per heavy atom. The maximum Gasteiger partial charge on any atom is 0.251 e. The molecule has 1 saturated carbocycles. The highest BCUT2D eigenvalue weighted by Gasteiger charge is 2.21. The number of rotatable bonds is 6. The number of aryl methyl sites for hydroxylation is 1. The van der Waals surface area contributed by atoms with Gasteiger partial charge in [0.05, 0.1) is 6.54 Å². The van der Waals surface area contributed by atoms with Gasteiger partial charge in [0.1, 0.15) is 5.82 Å². The second kappa shape index (κ2) is 7.77. The Bertz CT molecular complexity index is 555. The minimum atomic E-state index is -0.367. The third kappa shape index (κ3) is 5.02. The molecule has 0 aromatic heterocycles. The molecule has 0 unspecified atom stereocenters. The highest BCUT2D eigenvalue weighted by molar-refractivity contribution is 5.94. The lowest BCUT2D eigenvalue weighted by atomic mass is 10.1. The van der Waals surface area contributed by atoms with Crippen LogP contribution in [0.2, 0.25) is 0 Å². The first-order valence-electron chi connectivity index (χ1n) is 7.69. The summed E-state index contributed by atoms with van der Waals surface area (Å²) in [4.78, 5) is 16.3. The molecular weight excluding hydrogens is 283 g/mol. The molecule has 3 N–H and O–H groups in total. The molecule has 5 nitrogen and oxygen atoms in total. The van der Waals surface area contributed by atoms with Crippen molar-refractivity contribution < 1.29 is 9.18 Å². The van der Waals surface area contributed by atoms with E-state index in [9.17, 15) is 9.18 Å². The van der Waals surface area contributed by atoms with E-state index in [-0.39, 0.29) is 11.7 Å². The summed E-state index contributed by atoms with van der Waals surface area (Å²) in [5, 5.41) is 9.21. The van der Waals surface area contributed by atoms with Gasteiger partial charge in [0.15, 0.2) is 5.96 Å². The van der Waals surface area contributed by atoms with Crippen molar-refractivity contribution in [1.82, 2.24) is 16.0 Å². The Morgan fingerprint density at radius 1 is 1.36 bits per heavy atom. The number of aliphatic imine (C=N–C) groups is 1. The SMILES string of the molecule is CCNC(=NCCNC(=O)c1ccc(C)c(F)c1)NC1CC1. The number of carbonyl (C=O) groups is 1. The molecule has 120 valence electrons. The lowest BCUT2D eigenvalue weighted by molar-refractivity contribution is 0.0954. The number of amides is 1. The molecule has 0 saturated heterocycles. The quantitative estimate of drug-likeness (QED) is 0.425. The Morgan fingerprint density at radius 2 is 2.14 bits per heavy atom. The zero-order valence-corrected chi connectivity index (χ0v) is 13.1. The van der Waals surface area contributed by atoms with Gasteiger partial charge in [-0.15, -0.1) is 0 Å². The largest absolute Gasteiger partial charge is 0.357 e. The van der Waals surface area contributed by atoms with Gasteiger partial charge in [-0.2, -0.15) is 0 Å². The third-order valence-corrected chi connectivity index (χ3v) is 3.36. The monoisotopic (exact) mass is 306 g/mol. The lowest BCUT2D eigenvalue weighted by Gasteiger charge is -2.10. The minimum absolute atomic E-state index is 0.283. The van der Waals surface area contributed by atoms with E-state index in [4.69, 9.17) is 0 Å². The van der Waals surface area contributed by atoms with E-state index in [0.29, 0.717) is 30.3 Å². The number of guanidine groups is 1. The van der Waals surface area contributed by atoms with Crippen LogP contribution in [0.25, 0.3) is 0 Å². The van der Waals surface area contributed by atoms with Gasteiger partial charge >= 0.3 is 0 Å². The first-order chi connectivity index (χ1) is 10.6. The second-order valence-electron chi connectivity index (χ2n) is 5.40. The zero-order valence-electron chi connectivity index (χ0n) is 13.1. The number of halogens is 1. The van der Waals surface area contributed by atoms with Crippen molar-refractivity contribution in [1.29, 1.82) is 0 Å². The molecule has 6 heteroatoms. The highest BCUT2D eigenvalue weighted by atomic mass is 19.1. The predicted molar refractivity (Wildman–Crippen MR) is 85.6 cm³/mol. The van der Waals surface area contributed by atoms with Crippen LogP contribution in [0.15, 0.2) is 23.2 Å². The van der Waals surface area contributed by atoms with Crippen molar-refractivity contribution in [3.8, 4) is 0 Å². The maximum absolute atomic E-state index is 13.4. The Balaban J connectivity index is 1.78. The van der Waals surface area contributed by atoms with Gasteiger partial charge in [-0.05, 0) is 44.4 Å². The van der Waals surface area contributed by atoms with Crippen LogP contribution >= 0.6 is 0 Å². The molecule has 0 bridgehead atoms. The van der Waals surface area contributed by atoms with E-state index < -0.39 is 0 Å². The summed E-state index contributed by atoms with van der Waals surface area (Å²) in [7, 11) is 0. The van der Waals surface area contributed by atoms with Crippen LogP contribution < -0.4 is 16.0 Å². The number of benzene rings is 1. The molecule has 1 amide bonds. The first kappa shape index (κ1) is 16.3. The fourth-order valence-corrected chi connectivity index (χ4v) is 1.91. The molecule has 0 atom stereocenters. The van der Waals surface area contributed by atoms with Gasteiger partial charge in [0.25, 0.3) is 5.91 Å². The van der Waals surface area contributed by atoms with Crippen LogP contribution in [-0.2, 0) is 0 Å². The van der Waals surface area contributed by atoms with Gasteiger partial charge in [-0.3, -0.25) is 9.79 Å². The van der Waals surface area contributed by atoms with Crippen molar-refractivity contribution >= 4 is 11.9 Å². The van der Waals surface area contributed by atoms with Crippen molar-refractivity contribution in [2.24, 2.45) is 4.99 Å². The Hall–Kier alpha value is -2.11. The summed E-state index contributed by atoms with van der Waals surface area (Å²) in [6, 6.07) is 5.01. The smallest absolute Gasteiger partial charge is 0.251 e. The topological polar surface area (TPSA) is 65.5 Å². The fourth-order valence-electron chi connectivity index (χ4n) is 1.91. The maximum atomic E-state index is 13.4. The molecule has 0 heterocycles. The summed E-state index contributed by atoms with van der Waals surface area (Å²) < 4.78 is 13.4. The van der Waals surface area contributed by atoms with Crippen molar-refractivity contribution in [2.75, 3.05) is 19.6 Å².